The molecule has 0 bridgehead atoms. The van der Waals surface area contributed by atoms with Crippen molar-refractivity contribution in [3.8, 4) is 5.75 Å². The molecule has 144 valence electrons. The average Bonchev–Trinajstić information content (AvgIpc) is 2.64. The number of carbonyl (C=O) groups excluding carboxylic acids is 1. The van der Waals surface area contributed by atoms with Crippen molar-refractivity contribution in [1.29, 1.82) is 0 Å². The summed E-state index contributed by atoms with van der Waals surface area (Å²) in [6, 6.07) is 11.3. The molecule has 0 radical (unpaired) electrons. The van der Waals surface area contributed by atoms with Crippen molar-refractivity contribution < 1.29 is 18.3 Å². The van der Waals surface area contributed by atoms with Crippen molar-refractivity contribution in [2.45, 2.75) is 13.2 Å². The summed E-state index contributed by atoms with van der Waals surface area (Å²) >= 11 is 12.1. The number of halogens is 4. The number of benzene rings is 2. The van der Waals surface area contributed by atoms with Gasteiger partial charge in [0.1, 0.15) is 5.75 Å². The highest BCUT2D eigenvalue weighted by molar-refractivity contribution is 6.35. The van der Waals surface area contributed by atoms with Gasteiger partial charge in [0.05, 0.1) is 0 Å². The molecule has 1 amide bonds. The van der Waals surface area contributed by atoms with Crippen molar-refractivity contribution in [3.05, 3.63) is 63.6 Å². The standard InChI is InChI=1S/C19H18Cl2F2N2O2/c20-15-5-4-14(17(21)11-15)12-24-6-8-25(9-7-24)18(26)13-2-1-3-16(10-13)27-19(22)23/h1-5,10-11,19H,6-9,12H2. The van der Waals surface area contributed by atoms with E-state index in [0.29, 0.717) is 48.3 Å². The van der Waals surface area contributed by atoms with Crippen LogP contribution in [-0.2, 0) is 6.54 Å². The van der Waals surface area contributed by atoms with Crippen LogP contribution in [0.15, 0.2) is 42.5 Å². The molecule has 2 aromatic carbocycles. The number of hydrogen-bond donors (Lipinski definition) is 0. The quantitative estimate of drug-likeness (QED) is 0.718. The van der Waals surface area contributed by atoms with E-state index < -0.39 is 6.61 Å². The SMILES string of the molecule is O=C(c1cccc(OC(F)F)c1)N1CCN(Cc2ccc(Cl)cc2Cl)CC1. The highest BCUT2D eigenvalue weighted by atomic mass is 35.5. The number of carbonyl (C=O) groups is 1. The molecular formula is C19H18Cl2F2N2O2. The summed E-state index contributed by atoms with van der Waals surface area (Å²) in [6.45, 7) is 0.234. The van der Waals surface area contributed by atoms with E-state index in [1.165, 1.54) is 18.2 Å². The Morgan fingerprint density at radius 2 is 1.81 bits per heavy atom. The summed E-state index contributed by atoms with van der Waals surface area (Å²) in [6.07, 6.45) is 0. The van der Waals surface area contributed by atoms with Crippen LogP contribution in [0, 0.1) is 0 Å². The van der Waals surface area contributed by atoms with Gasteiger partial charge in [0.2, 0.25) is 0 Å². The van der Waals surface area contributed by atoms with Crippen molar-refractivity contribution in [2.24, 2.45) is 0 Å². The van der Waals surface area contributed by atoms with E-state index in [1.54, 1.807) is 23.1 Å². The fraction of sp³-hybridized carbons (Fsp3) is 0.316. The maximum Gasteiger partial charge on any atom is 0.387 e. The van der Waals surface area contributed by atoms with Crippen LogP contribution in [0.2, 0.25) is 10.0 Å². The van der Waals surface area contributed by atoms with Gasteiger partial charge in [0, 0.05) is 48.3 Å². The summed E-state index contributed by atoms with van der Waals surface area (Å²) in [7, 11) is 0. The Labute approximate surface area is 166 Å². The molecule has 27 heavy (non-hydrogen) atoms. The van der Waals surface area contributed by atoms with E-state index in [0.717, 1.165) is 5.56 Å². The topological polar surface area (TPSA) is 32.8 Å². The zero-order valence-corrected chi connectivity index (χ0v) is 15.9. The fourth-order valence-electron chi connectivity index (χ4n) is 2.99. The number of piperazine rings is 1. The molecule has 0 saturated carbocycles. The van der Waals surface area contributed by atoms with Crippen molar-refractivity contribution >= 4 is 29.1 Å². The van der Waals surface area contributed by atoms with Crippen LogP contribution >= 0.6 is 23.2 Å². The van der Waals surface area contributed by atoms with E-state index in [1.807, 2.05) is 6.07 Å². The van der Waals surface area contributed by atoms with E-state index in [2.05, 4.69) is 9.64 Å². The Morgan fingerprint density at radius 1 is 1.07 bits per heavy atom. The van der Waals surface area contributed by atoms with Gasteiger partial charge in [-0.1, -0.05) is 35.3 Å². The molecule has 0 aromatic heterocycles. The van der Waals surface area contributed by atoms with Crippen LogP contribution in [0.1, 0.15) is 15.9 Å². The molecule has 8 heteroatoms. The molecule has 0 atom stereocenters. The maximum absolute atomic E-state index is 12.6. The smallest absolute Gasteiger partial charge is 0.387 e. The Bertz CT molecular complexity index is 812. The van der Waals surface area contributed by atoms with Crippen LogP contribution in [0.3, 0.4) is 0 Å². The lowest BCUT2D eigenvalue weighted by Gasteiger charge is -2.35. The number of ether oxygens (including phenoxy) is 1. The van der Waals surface area contributed by atoms with Gasteiger partial charge in [-0.3, -0.25) is 9.69 Å². The average molecular weight is 415 g/mol. The van der Waals surface area contributed by atoms with Crippen molar-refractivity contribution in [3.63, 3.8) is 0 Å². The summed E-state index contributed by atoms with van der Waals surface area (Å²) < 4.78 is 29.0. The molecule has 2 aromatic rings. The lowest BCUT2D eigenvalue weighted by atomic mass is 10.1. The van der Waals surface area contributed by atoms with Gasteiger partial charge in [0.15, 0.2) is 0 Å². The number of nitrogens with zero attached hydrogens (tertiary/aromatic N) is 2. The third-order valence-corrected chi connectivity index (χ3v) is 4.96. The summed E-state index contributed by atoms with van der Waals surface area (Å²) in [5, 5.41) is 1.22. The predicted molar refractivity (Wildman–Crippen MR) is 101 cm³/mol. The first-order chi connectivity index (χ1) is 12.9. The molecule has 0 unspecified atom stereocenters. The minimum Gasteiger partial charge on any atom is -0.435 e. The highest BCUT2D eigenvalue weighted by Crippen LogP contribution is 2.23. The van der Waals surface area contributed by atoms with Gasteiger partial charge in [0.25, 0.3) is 5.91 Å². The minimum atomic E-state index is -2.92. The Morgan fingerprint density at radius 3 is 2.48 bits per heavy atom. The molecule has 1 saturated heterocycles. The number of amides is 1. The first kappa shape index (κ1) is 19.9. The first-order valence-electron chi connectivity index (χ1n) is 8.43. The zero-order valence-electron chi connectivity index (χ0n) is 14.4. The maximum atomic E-state index is 12.6. The Balaban J connectivity index is 1.58. The second-order valence-corrected chi connectivity index (χ2v) is 7.05. The predicted octanol–water partition coefficient (Wildman–Crippen LogP) is 4.55. The molecule has 1 aliphatic heterocycles. The lowest BCUT2D eigenvalue weighted by molar-refractivity contribution is -0.0499. The Hall–Kier alpha value is -1.89. The van der Waals surface area contributed by atoms with E-state index in [4.69, 9.17) is 23.2 Å². The third kappa shape index (κ3) is 5.31. The number of hydrogen-bond acceptors (Lipinski definition) is 3. The first-order valence-corrected chi connectivity index (χ1v) is 9.18. The minimum absolute atomic E-state index is 0.0214. The summed E-state index contributed by atoms with van der Waals surface area (Å²) in [5.41, 5.74) is 1.32. The zero-order chi connectivity index (χ0) is 19.4. The van der Waals surface area contributed by atoms with Gasteiger partial charge in [-0.05, 0) is 35.9 Å². The van der Waals surface area contributed by atoms with Gasteiger partial charge >= 0.3 is 6.61 Å². The van der Waals surface area contributed by atoms with E-state index in [9.17, 15) is 13.6 Å². The van der Waals surface area contributed by atoms with E-state index in [-0.39, 0.29) is 11.7 Å². The highest BCUT2D eigenvalue weighted by Gasteiger charge is 2.23. The van der Waals surface area contributed by atoms with Gasteiger partial charge in [-0.25, -0.2) is 0 Å². The lowest BCUT2D eigenvalue weighted by Crippen LogP contribution is -2.48. The second kappa shape index (κ2) is 8.87. The number of rotatable bonds is 5. The van der Waals surface area contributed by atoms with Crippen LogP contribution in [-0.4, -0.2) is 48.5 Å². The summed E-state index contributed by atoms with van der Waals surface area (Å²) in [5.74, 6) is -0.217. The molecule has 0 spiro atoms. The van der Waals surface area contributed by atoms with Gasteiger partial charge in [-0.2, -0.15) is 8.78 Å². The monoisotopic (exact) mass is 414 g/mol. The molecule has 1 aliphatic rings. The fourth-order valence-corrected chi connectivity index (χ4v) is 3.46. The van der Waals surface area contributed by atoms with E-state index >= 15 is 0 Å². The number of alkyl halides is 2. The molecule has 0 N–H and O–H groups in total. The third-order valence-electron chi connectivity index (χ3n) is 4.37. The van der Waals surface area contributed by atoms with Gasteiger partial charge < -0.3 is 9.64 Å². The van der Waals surface area contributed by atoms with Crippen LogP contribution in [0.25, 0.3) is 0 Å². The second-order valence-electron chi connectivity index (χ2n) is 6.21. The van der Waals surface area contributed by atoms with Crippen molar-refractivity contribution in [1.82, 2.24) is 9.80 Å². The molecule has 1 heterocycles. The molecule has 0 aliphatic carbocycles. The van der Waals surface area contributed by atoms with Crippen LogP contribution < -0.4 is 4.74 Å². The van der Waals surface area contributed by atoms with Crippen LogP contribution in [0.5, 0.6) is 5.75 Å². The van der Waals surface area contributed by atoms with Crippen LogP contribution in [0.4, 0.5) is 8.78 Å². The normalized spacial score (nSPS) is 15.2. The summed E-state index contributed by atoms with van der Waals surface area (Å²) in [4.78, 5) is 16.5. The van der Waals surface area contributed by atoms with Gasteiger partial charge in [-0.15, -0.1) is 0 Å². The largest absolute Gasteiger partial charge is 0.435 e. The molecule has 1 fully saturated rings. The Kier molecular flexibility index (Phi) is 6.52. The van der Waals surface area contributed by atoms with Crippen molar-refractivity contribution in [2.75, 3.05) is 26.2 Å². The molecular weight excluding hydrogens is 397 g/mol. The molecule has 4 nitrogen and oxygen atoms in total. The molecule has 3 rings (SSSR count).